The van der Waals surface area contributed by atoms with Crippen molar-refractivity contribution < 1.29 is 36.8 Å². The van der Waals surface area contributed by atoms with Gasteiger partial charge in [0.15, 0.2) is 0 Å². The molecule has 268 valence electrons. The summed E-state index contributed by atoms with van der Waals surface area (Å²) in [6.45, 7) is 0.964. The average molecular weight is 719 g/mol. The van der Waals surface area contributed by atoms with Crippen molar-refractivity contribution in [1.29, 1.82) is 0 Å². The van der Waals surface area contributed by atoms with Crippen molar-refractivity contribution in [3.63, 3.8) is 0 Å². The van der Waals surface area contributed by atoms with Crippen LogP contribution in [0.25, 0.3) is 0 Å². The van der Waals surface area contributed by atoms with Gasteiger partial charge in [0, 0.05) is 0 Å². The number of sulfone groups is 1. The molecule has 2 aliphatic heterocycles. The van der Waals surface area contributed by atoms with Crippen LogP contribution in [0.4, 0.5) is 0 Å². The highest BCUT2D eigenvalue weighted by molar-refractivity contribution is 7.95. The Labute approximate surface area is 305 Å². The van der Waals surface area contributed by atoms with E-state index in [4.69, 9.17) is 28.4 Å². The lowest BCUT2D eigenvalue weighted by Gasteiger charge is -2.50. The van der Waals surface area contributed by atoms with Crippen LogP contribution in [0.5, 0.6) is 0 Å². The molecular formula is C43H42O8S. The van der Waals surface area contributed by atoms with Crippen molar-refractivity contribution in [2.24, 2.45) is 0 Å². The third kappa shape index (κ3) is 8.60. The molecule has 0 bridgehead atoms. The van der Waals surface area contributed by atoms with Gasteiger partial charge in [-0.2, -0.15) is 0 Å². The van der Waals surface area contributed by atoms with Crippen LogP contribution in [0.1, 0.15) is 22.3 Å². The van der Waals surface area contributed by atoms with Gasteiger partial charge >= 0.3 is 0 Å². The van der Waals surface area contributed by atoms with Crippen LogP contribution >= 0.6 is 0 Å². The summed E-state index contributed by atoms with van der Waals surface area (Å²) in [5, 5.41) is 0. The van der Waals surface area contributed by atoms with E-state index in [2.05, 4.69) is 0 Å². The minimum atomic E-state index is -3.91. The Hall–Kier alpha value is -4.45. The molecule has 0 amide bonds. The van der Waals surface area contributed by atoms with E-state index in [0.29, 0.717) is 6.61 Å². The summed E-state index contributed by atoms with van der Waals surface area (Å²) in [7, 11) is -3.91. The number of ether oxygens (including phenoxy) is 6. The van der Waals surface area contributed by atoms with Crippen LogP contribution in [0.2, 0.25) is 0 Å². The molecule has 8 nitrogen and oxygen atoms in total. The molecule has 5 aromatic carbocycles. The van der Waals surface area contributed by atoms with Crippen molar-refractivity contribution in [3.05, 3.63) is 185 Å². The SMILES string of the molecule is O=S(=O)(C1=C[C@@]2(OC1)O[C@H](COCc1ccccc1)[C@@H](OCc1ccccc1)[C@H](OCc1ccccc1)[C@H]2OCc1ccccc1)c1ccccc1. The van der Waals surface area contributed by atoms with Gasteiger partial charge in [0.2, 0.25) is 15.6 Å². The molecule has 0 aromatic heterocycles. The maximum Gasteiger partial charge on any atom is 0.219 e. The lowest BCUT2D eigenvalue weighted by molar-refractivity contribution is -0.357. The van der Waals surface area contributed by atoms with Gasteiger partial charge in [-0.3, -0.25) is 0 Å². The summed E-state index contributed by atoms with van der Waals surface area (Å²) in [5.41, 5.74) is 3.86. The maximum atomic E-state index is 13.9. The summed E-state index contributed by atoms with van der Waals surface area (Å²) >= 11 is 0. The minimum Gasteiger partial charge on any atom is -0.374 e. The topological polar surface area (TPSA) is 89.5 Å². The third-order valence-corrected chi connectivity index (χ3v) is 11.0. The molecular weight excluding hydrogens is 677 g/mol. The second-order valence-corrected chi connectivity index (χ2v) is 14.8. The standard InChI is InChI=1S/C43H42O8S/c44-52(45,37-24-14-5-15-25-37)38-26-43(50-31-38)42(49-30-36-22-12-4-13-23-36)41(48-29-35-20-10-3-11-21-35)40(47-28-34-18-8-2-9-19-34)39(51-43)32-46-27-33-16-6-1-7-17-33/h1-26,39-42H,27-32H2/t39-,40-,41+,42-,43-/m1/s1. The van der Waals surface area contributed by atoms with E-state index in [0.717, 1.165) is 22.3 Å². The van der Waals surface area contributed by atoms with E-state index in [1.54, 1.807) is 36.4 Å². The lowest BCUT2D eigenvalue weighted by Crippen LogP contribution is -2.66. The zero-order valence-corrected chi connectivity index (χ0v) is 29.6. The van der Waals surface area contributed by atoms with Crippen LogP contribution in [0.3, 0.4) is 0 Å². The van der Waals surface area contributed by atoms with Gasteiger partial charge in [-0.15, -0.1) is 0 Å². The first kappa shape index (κ1) is 35.9. The smallest absolute Gasteiger partial charge is 0.219 e. The van der Waals surface area contributed by atoms with Gasteiger partial charge in [0.1, 0.15) is 24.4 Å². The van der Waals surface area contributed by atoms with Gasteiger partial charge in [-0.1, -0.05) is 140 Å². The number of rotatable bonds is 15. The molecule has 2 aliphatic rings. The van der Waals surface area contributed by atoms with Gasteiger partial charge in [-0.05, 0) is 40.5 Å². The summed E-state index contributed by atoms with van der Waals surface area (Å²) in [5.74, 6) is -1.64. The van der Waals surface area contributed by atoms with Crippen molar-refractivity contribution in [3.8, 4) is 0 Å². The molecule has 52 heavy (non-hydrogen) atoms. The Balaban J connectivity index is 1.28. The Bertz CT molecular complexity index is 1980. The largest absolute Gasteiger partial charge is 0.374 e. The molecule has 1 fully saturated rings. The van der Waals surface area contributed by atoms with E-state index in [1.807, 2.05) is 121 Å². The highest BCUT2D eigenvalue weighted by atomic mass is 32.2. The van der Waals surface area contributed by atoms with E-state index in [9.17, 15) is 8.42 Å². The second kappa shape index (κ2) is 16.9. The van der Waals surface area contributed by atoms with E-state index in [-0.39, 0.29) is 42.8 Å². The molecule has 7 rings (SSSR count). The number of hydrogen-bond donors (Lipinski definition) is 0. The summed E-state index contributed by atoms with van der Waals surface area (Å²) in [6.07, 6.45) is -1.59. The quantitative estimate of drug-likeness (QED) is 0.110. The Morgan fingerprint density at radius 1 is 0.558 bits per heavy atom. The van der Waals surface area contributed by atoms with E-state index >= 15 is 0 Å². The predicted molar refractivity (Wildman–Crippen MR) is 196 cm³/mol. The molecule has 2 heterocycles. The summed E-state index contributed by atoms with van der Waals surface area (Å²) in [6, 6.07) is 47.7. The molecule has 0 saturated carbocycles. The highest BCUT2D eigenvalue weighted by Gasteiger charge is 2.59. The molecule has 1 saturated heterocycles. The Morgan fingerprint density at radius 3 is 1.52 bits per heavy atom. The number of benzene rings is 5. The lowest BCUT2D eigenvalue weighted by atomic mass is 9.91. The third-order valence-electron chi connectivity index (χ3n) is 9.16. The van der Waals surface area contributed by atoms with Crippen LogP contribution in [0.15, 0.2) is 168 Å². The molecule has 1 spiro atoms. The molecule has 0 N–H and O–H groups in total. The first-order chi connectivity index (χ1) is 25.5. The monoisotopic (exact) mass is 718 g/mol. The summed E-state index contributed by atoms with van der Waals surface area (Å²) in [4.78, 5) is 0.254. The highest BCUT2D eigenvalue weighted by Crippen LogP contribution is 2.43. The Kier molecular flexibility index (Phi) is 11.7. The maximum absolute atomic E-state index is 13.9. The average Bonchev–Trinajstić information content (AvgIpc) is 3.63. The van der Waals surface area contributed by atoms with Gasteiger partial charge in [0.25, 0.3) is 0 Å². The van der Waals surface area contributed by atoms with Gasteiger partial charge in [-0.25, -0.2) is 8.42 Å². The van der Waals surface area contributed by atoms with Crippen LogP contribution in [0, 0.1) is 0 Å². The van der Waals surface area contributed by atoms with Gasteiger partial charge < -0.3 is 28.4 Å². The van der Waals surface area contributed by atoms with Crippen molar-refractivity contribution in [2.45, 2.75) is 61.5 Å². The van der Waals surface area contributed by atoms with E-state index < -0.39 is 40.0 Å². The first-order valence-electron chi connectivity index (χ1n) is 17.4. The zero-order chi connectivity index (χ0) is 35.6. The molecule has 0 unspecified atom stereocenters. The fourth-order valence-corrected chi connectivity index (χ4v) is 7.85. The van der Waals surface area contributed by atoms with Crippen LogP contribution < -0.4 is 0 Å². The molecule has 0 aliphatic carbocycles. The van der Waals surface area contributed by atoms with Crippen LogP contribution in [-0.2, 0) is 64.7 Å². The zero-order valence-electron chi connectivity index (χ0n) is 28.7. The van der Waals surface area contributed by atoms with Gasteiger partial charge in [0.05, 0.1) is 49.4 Å². The predicted octanol–water partition coefficient (Wildman–Crippen LogP) is 7.44. The molecule has 0 radical (unpaired) electrons. The summed E-state index contributed by atoms with van der Waals surface area (Å²) < 4.78 is 67.9. The molecule has 5 aromatic rings. The van der Waals surface area contributed by atoms with Crippen molar-refractivity contribution in [2.75, 3.05) is 13.2 Å². The Morgan fingerprint density at radius 2 is 1.00 bits per heavy atom. The minimum absolute atomic E-state index is 0.0847. The molecule has 9 heteroatoms. The van der Waals surface area contributed by atoms with Crippen molar-refractivity contribution >= 4 is 9.84 Å². The fourth-order valence-electron chi connectivity index (χ4n) is 6.50. The number of hydrogen-bond acceptors (Lipinski definition) is 8. The normalized spacial score (nSPS) is 23.0. The second-order valence-electron chi connectivity index (χ2n) is 12.8. The van der Waals surface area contributed by atoms with Crippen LogP contribution in [-0.4, -0.2) is 51.8 Å². The molecule has 5 atom stereocenters. The van der Waals surface area contributed by atoms with Crippen molar-refractivity contribution in [1.82, 2.24) is 0 Å². The fraction of sp³-hybridized carbons (Fsp3) is 0.256. The van der Waals surface area contributed by atoms with E-state index in [1.165, 1.54) is 0 Å². The first-order valence-corrected chi connectivity index (χ1v) is 18.9.